The predicted octanol–water partition coefficient (Wildman–Crippen LogP) is 3.18. The average molecular weight is 287 g/mol. The molecule has 2 heterocycles. The van der Waals surface area contributed by atoms with Crippen molar-refractivity contribution < 1.29 is 4.79 Å². The van der Waals surface area contributed by atoms with Gasteiger partial charge in [-0.25, -0.2) is 0 Å². The van der Waals surface area contributed by atoms with Crippen molar-refractivity contribution in [1.29, 1.82) is 0 Å². The highest BCUT2D eigenvalue weighted by Gasteiger charge is 2.17. The minimum Gasteiger partial charge on any atom is -0.399 e. The van der Waals surface area contributed by atoms with Crippen LogP contribution in [0.5, 0.6) is 0 Å². The number of amides is 1. The molecule has 0 aliphatic carbocycles. The molecule has 3 rings (SSSR count). The SMILES string of the molecule is Nc1ccc(N2CCCC2)c(NC(=O)c2cccs2)c1. The standard InChI is InChI=1S/C15H17N3OS/c16-11-5-6-13(18-7-1-2-8-18)12(10-11)17-15(19)14-4-3-9-20-14/h3-6,9-10H,1-2,7-8,16H2,(H,17,19). The summed E-state index contributed by atoms with van der Waals surface area (Å²) in [5.74, 6) is -0.0777. The van der Waals surface area contributed by atoms with Crippen LogP contribution in [-0.4, -0.2) is 19.0 Å². The molecule has 0 bridgehead atoms. The van der Waals surface area contributed by atoms with E-state index in [0.717, 1.165) is 24.5 Å². The largest absolute Gasteiger partial charge is 0.399 e. The lowest BCUT2D eigenvalue weighted by atomic mass is 10.2. The second kappa shape index (κ2) is 5.54. The van der Waals surface area contributed by atoms with E-state index in [0.29, 0.717) is 10.6 Å². The van der Waals surface area contributed by atoms with Gasteiger partial charge < -0.3 is 16.0 Å². The third kappa shape index (κ3) is 2.63. The van der Waals surface area contributed by atoms with Crippen LogP contribution < -0.4 is 16.0 Å². The van der Waals surface area contributed by atoms with Crippen LogP contribution >= 0.6 is 11.3 Å². The Labute approximate surface area is 122 Å². The zero-order valence-corrected chi connectivity index (χ0v) is 12.0. The Kier molecular flexibility index (Phi) is 3.60. The molecule has 2 aromatic rings. The van der Waals surface area contributed by atoms with E-state index in [2.05, 4.69) is 10.2 Å². The zero-order valence-electron chi connectivity index (χ0n) is 11.1. The van der Waals surface area contributed by atoms with Crippen LogP contribution in [0.4, 0.5) is 17.1 Å². The molecule has 0 spiro atoms. The first kappa shape index (κ1) is 13.0. The fourth-order valence-corrected chi connectivity index (χ4v) is 3.10. The Morgan fingerprint density at radius 2 is 2.05 bits per heavy atom. The number of hydrogen-bond donors (Lipinski definition) is 2. The van der Waals surface area contributed by atoms with Gasteiger partial charge in [0.25, 0.3) is 5.91 Å². The molecular weight excluding hydrogens is 270 g/mol. The Bertz CT molecular complexity index is 604. The minimum absolute atomic E-state index is 0.0777. The molecule has 0 radical (unpaired) electrons. The number of carbonyl (C=O) groups is 1. The van der Waals surface area contributed by atoms with Crippen molar-refractivity contribution in [3.8, 4) is 0 Å². The summed E-state index contributed by atoms with van der Waals surface area (Å²) in [6, 6.07) is 9.40. The van der Waals surface area contributed by atoms with E-state index in [4.69, 9.17) is 5.73 Å². The summed E-state index contributed by atoms with van der Waals surface area (Å²) < 4.78 is 0. The summed E-state index contributed by atoms with van der Waals surface area (Å²) in [6.07, 6.45) is 2.39. The summed E-state index contributed by atoms with van der Waals surface area (Å²) in [5, 5.41) is 4.88. The first-order valence-corrected chi connectivity index (χ1v) is 7.61. The lowest BCUT2D eigenvalue weighted by molar-refractivity contribution is 0.103. The van der Waals surface area contributed by atoms with E-state index in [9.17, 15) is 4.79 Å². The van der Waals surface area contributed by atoms with Gasteiger partial charge in [-0.2, -0.15) is 0 Å². The van der Waals surface area contributed by atoms with Gasteiger partial charge in [-0.05, 0) is 42.5 Å². The summed E-state index contributed by atoms with van der Waals surface area (Å²) >= 11 is 1.44. The average Bonchev–Trinajstić information content (AvgIpc) is 3.12. The number of nitrogens with one attached hydrogen (secondary N) is 1. The Balaban J connectivity index is 1.87. The summed E-state index contributed by atoms with van der Waals surface area (Å²) in [6.45, 7) is 2.07. The van der Waals surface area contributed by atoms with Gasteiger partial charge in [-0.1, -0.05) is 6.07 Å². The zero-order chi connectivity index (χ0) is 13.9. The van der Waals surface area contributed by atoms with Gasteiger partial charge in [0.05, 0.1) is 16.3 Å². The number of nitrogens with zero attached hydrogens (tertiary/aromatic N) is 1. The van der Waals surface area contributed by atoms with E-state index in [1.807, 2.05) is 35.7 Å². The predicted molar refractivity (Wildman–Crippen MR) is 84.6 cm³/mol. The maximum absolute atomic E-state index is 12.2. The molecule has 4 nitrogen and oxygen atoms in total. The number of nitrogen functional groups attached to an aromatic ring is 1. The Morgan fingerprint density at radius 3 is 2.75 bits per heavy atom. The van der Waals surface area contributed by atoms with Crippen LogP contribution in [0.2, 0.25) is 0 Å². The molecule has 3 N–H and O–H groups in total. The molecule has 1 aliphatic rings. The third-order valence-electron chi connectivity index (χ3n) is 3.46. The van der Waals surface area contributed by atoms with Crippen molar-refractivity contribution in [3.63, 3.8) is 0 Å². The second-order valence-electron chi connectivity index (χ2n) is 4.90. The number of nitrogens with two attached hydrogens (primary N) is 1. The van der Waals surface area contributed by atoms with Crippen LogP contribution in [0.15, 0.2) is 35.7 Å². The summed E-state index contributed by atoms with van der Waals surface area (Å²) in [7, 11) is 0. The van der Waals surface area contributed by atoms with E-state index in [-0.39, 0.29) is 5.91 Å². The van der Waals surface area contributed by atoms with Gasteiger partial charge in [0.15, 0.2) is 0 Å². The van der Waals surface area contributed by atoms with Crippen molar-refractivity contribution in [1.82, 2.24) is 0 Å². The van der Waals surface area contributed by atoms with Gasteiger partial charge in [0.1, 0.15) is 0 Å². The number of rotatable bonds is 3. The van der Waals surface area contributed by atoms with Gasteiger partial charge >= 0.3 is 0 Å². The van der Waals surface area contributed by atoms with Gasteiger partial charge in [0, 0.05) is 18.8 Å². The van der Waals surface area contributed by atoms with Gasteiger partial charge in [0.2, 0.25) is 0 Å². The molecule has 1 amide bonds. The Morgan fingerprint density at radius 1 is 1.25 bits per heavy atom. The lowest BCUT2D eigenvalue weighted by Crippen LogP contribution is -2.21. The maximum atomic E-state index is 12.2. The van der Waals surface area contributed by atoms with Crippen LogP contribution in [0, 0.1) is 0 Å². The highest BCUT2D eigenvalue weighted by Crippen LogP contribution is 2.31. The molecular formula is C15H17N3OS. The molecule has 1 aliphatic heterocycles. The number of carbonyl (C=O) groups excluding carboxylic acids is 1. The third-order valence-corrected chi connectivity index (χ3v) is 4.33. The topological polar surface area (TPSA) is 58.4 Å². The number of benzene rings is 1. The van der Waals surface area contributed by atoms with E-state index < -0.39 is 0 Å². The second-order valence-corrected chi connectivity index (χ2v) is 5.85. The van der Waals surface area contributed by atoms with Crippen molar-refractivity contribution in [3.05, 3.63) is 40.6 Å². The molecule has 1 fully saturated rings. The van der Waals surface area contributed by atoms with Crippen molar-refractivity contribution in [2.45, 2.75) is 12.8 Å². The molecule has 0 unspecified atom stereocenters. The summed E-state index contributed by atoms with van der Waals surface area (Å²) in [4.78, 5) is 15.2. The fraction of sp³-hybridized carbons (Fsp3) is 0.267. The fourth-order valence-electron chi connectivity index (χ4n) is 2.48. The molecule has 0 saturated carbocycles. The quantitative estimate of drug-likeness (QED) is 0.852. The van der Waals surface area contributed by atoms with Gasteiger partial charge in [-0.3, -0.25) is 4.79 Å². The minimum atomic E-state index is -0.0777. The Hall–Kier alpha value is -2.01. The molecule has 104 valence electrons. The number of hydrogen-bond acceptors (Lipinski definition) is 4. The van der Waals surface area contributed by atoms with Crippen LogP contribution in [0.1, 0.15) is 22.5 Å². The van der Waals surface area contributed by atoms with Crippen molar-refractivity contribution in [2.75, 3.05) is 29.0 Å². The summed E-state index contributed by atoms with van der Waals surface area (Å²) in [5.41, 5.74) is 8.37. The molecule has 1 aromatic heterocycles. The molecule has 5 heteroatoms. The highest BCUT2D eigenvalue weighted by atomic mass is 32.1. The molecule has 0 atom stereocenters. The maximum Gasteiger partial charge on any atom is 0.265 e. The number of anilines is 3. The molecule has 1 saturated heterocycles. The van der Waals surface area contributed by atoms with Gasteiger partial charge in [-0.15, -0.1) is 11.3 Å². The van der Waals surface area contributed by atoms with Crippen LogP contribution in [0.25, 0.3) is 0 Å². The first-order chi connectivity index (χ1) is 9.74. The van der Waals surface area contributed by atoms with Crippen molar-refractivity contribution in [2.24, 2.45) is 0 Å². The smallest absolute Gasteiger partial charge is 0.265 e. The van der Waals surface area contributed by atoms with E-state index >= 15 is 0 Å². The van der Waals surface area contributed by atoms with E-state index in [1.54, 1.807) is 0 Å². The van der Waals surface area contributed by atoms with Crippen molar-refractivity contribution >= 4 is 34.3 Å². The lowest BCUT2D eigenvalue weighted by Gasteiger charge is -2.21. The molecule has 1 aromatic carbocycles. The normalized spacial score (nSPS) is 14.5. The van der Waals surface area contributed by atoms with E-state index in [1.165, 1.54) is 24.2 Å². The van der Waals surface area contributed by atoms with Crippen LogP contribution in [0.3, 0.4) is 0 Å². The monoisotopic (exact) mass is 287 g/mol. The highest BCUT2D eigenvalue weighted by molar-refractivity contribution is 7.12. The molecule has 20 heavy (non-hydrogen) atoms. The van der Waals surface area contributed by atoms with Crippen LogP contribution in [-0.2, 0) is 0 Å². The number of thiophene rings is 1. The first-order valence-electron chi connectivity index (χ1n) is 6.73.